The van der Waals surface area contributed by atoms with E-state index in [0.717, 1.165) is 30.9 Å². The van der Waals surface area contributed by atoms with Crippen LogP contribution in [0.3, 0.4) is 0 Å². The van der Waals surface area contributed by atoms with E-state index in [1.165, 1.54) is 11.1 Å². The van der Waals surface area contributed by atoms with Crippen molar-refractivity contribution in [1.82, 2.24) is 16.0 Å². The van der Waals surface area contributed by atoms with E-state index in [9.17, 15) is 4.79 Å². The highest BCUT2D eigenvalue weighted by atomic mass is 16.5. The second-order valence-corrected chi connectivity index (χ2v) is 7.90. The van der Waals surface area contributed by atoms with Gasteiger partial charge < -0.3 is 20.7 Å². The van der Waals surface area contributed by atoms with E-state index >= 15 is 0 Å². The summed E-state index contributed by atoms with van der Waals surface area (Å²) in [6.07, 6.45) is 2.15. The van der Waals surface area contributed by atoms with Crippen molar-refractivity contribution >= 4 is 11.9 Å². The van der Waals surface area contributed by atoms with Crippen molar-refractivity contribution in [3.05, 3.63) is 65.2 Å². The molecule has 0 aromatic heterocycles. The van der Waals surface area contributed by atoms with Crippen LogP contribution in [-0.2, 0) is 11.3 Å². The van der Waals surface area contributed by atoms with E-state index in [-0.39, 0.29) is 12.5 Å². The number of carbonyl (C=O) groups is 1. The third-order valence-electron chi connectivity index (χ3n) is 5.12. The molecule has 1 fully saturated rings. The Balaban J connectivity index is 1.43. The predicted octanol–water partition coefficient (Wildman–Crippen LogP) is 3.12. The van der Waals surface area contributed by atoms with E-state index in [2.05, 4.69) is 59.1 Å². The average Bonchev–Trinajstić information content (AvgIpc) is 3.57. The van der Waals surface area contributed by atoms with Gasteiger partial charge in [-0.15, -0.1) is 0 Å². The standard InChI is InChI=1S/C24H32N4O2/c1-17-7-9-20(10-8-17)18(2)14-26-24(25-3)27-15-19-5-4-6-22(13-19)30-16-23(29)28-21-11-12-21/h4-10,13,18,21H,11-12,14-16H2,1-3H3,(H,28,29)(H2,25,26,27). The molecule has 1 saturated carbocycles. The van der Waals surface area contributed by atoms with Crippen molar-refractivity contribution in [3.63, 3.8) is 0 Å². The second-order valence-electron chi connectivity index (χ2n) is 7.90. The number of ether oxygens (including phenoxy) is 1. The highest BCUT2D eigenvalue weighted by molar-refractivity contribution is 5.79. The normalized spacial score (nSPS) is 14.7. The van der Waals surface area contributed by atoms with Crippen LogP contribution in [0.5, 0.6) is 5.75 Å². The molecule has 3 N–H and O–H groups in total. The molecule has 1 aliphatic rings. The van der Waals surface area contributed by atoms with Crippen LogP contribution in [-0.4, -0.2) is 38.1 Å². The molecule has 1 aliphatic carbocycles. The molecule has 2 aromatic rings. The number of carbonyl (C=O) groups excluding carboxylic acids is 1. The van der Waals surface area contributed by atoms with Crippen molar-refractivity contribution in [3.8, 4) is 5.75 Å². The summed E-state index contributed by atoms with van der Waals surface area (Å²) < 4.78 is 5.62. The van der Waals surface area contributed by atoms with Gasteiger partial charge in [0.2, 0.25) is 0 Å². The quantitative estimate of drug-likeness (QED) is 0.440. The summed E-state index contributed by atoms with van der Waals surface area (Å²) in [5, 5.41) is 9.64. The van der Waals surface area contributed by atoms with Gasteiger partial charge in [0.25, 0.3) is 5.91 Å². The molecule has 6 nitrogen and oxygen atoms in total. The predicted molar refractivity (Wildman–Crippen MR) is 121 cm³/mol. The van der Waals surface area contributed by atoms with E-state index < -0.39 is 0 Å². The number of amides is 1. The minimum Gasteiger partial charge on any atom is -0.484 e. The molecule has 0 spiro atoms. The lowest BCUT2D eigenvalue weighted by molar-refractivity contribution is -0.123. The van der Waals surface area contributed by atoms with Crippen LogP contribution in [0.1, 0.15) is 42.4 Å². The zero-order valence-corrected chi connectivity index (χ0v) is 18.1. The number of guanidine groups is 1. The highest BCUT2D eigenvalue weighted by Gasteiger charge is 2.23. The molecular weight excluding hydrogens is 376 g/mol. The number of aryl methyl sites for hydroxylation is 1. The summed E-state index contributed by atoms with van der Waals surface area (Å²) in [4.78, 5) is 16.1. The van der Waals surface area contributed by atoms with Gasteiger partial charge in [0.1, 0.15) is 5.75 Å². The summed E-state index contributed by atoms with van der Waals surface area (Å²) in [5.74, 6) is 1.76. The molecule has 1 unspecified atom stereocenters. The van der Waals surface area contributed by atoms with Gasteiger partial charge in [-0.1, -0.05) is 48.9 Å². The first-order valence-electron chi connectivity index (χ1n) is 10.6. The molecule has 30 heavy (non-hydrogen) atoms. The topological polar surface area (TPSA) is 74.8 Å². The third-order valence-corrected chi connectivity index (χ3v) is 5.12. The first-order chi connectivity index (χ1) is 14.5. The lowest BCUT2D eigenvalue weighted by Gasteiger charge is -2.17. The molecule has 160 valence electrons. The molecule has 1 amide bonds. The van der Waals surface area contributed by atoms with Crippen LogP contribution < -0.4 is 20.7 Å². The maximum Gasteiger partial charge on any atom is 0.258 e. The Hall–Kier alpha value is -3.02. The number of benzene rings is 2. The maximum absolute atomic E-state index is 11.8. The summed E-state index contributed by atoms with van der Waals surface area (Å²) in [5.41, 5.74) is 3.63. The zero-order valence-electron chi connectivity index (χ0n) is 18.1. The number of hydrogen-bond donors (Lipinski definition) is 3. The number of hydrogen-bond acceptors (Lipinski definition) is 3. The van der Waals surface area contributed by atoms with E-state index in [4.69, 9.17) is 4.74 Å². The molecule has 0 radical (unpaired) electrons. The van der Waals surface area contributed by atoms with Gasteiger partial charge in [0.15, 0.2) is 12.6 Å². The number of rotatable bonds is 9. The Morgan fingerprint density at radius 2 is 1.93 bits per heavy atom. The fourth-order valence-corrected chi connectivity index (χ4v) is 3.06. The van der Waals surface area contributed by atoms with Crippen molar-refractivity contribution in [2.75, 3.05) is 20.2 Å². The minimum absolute atomic E-state index is 0.0491. The molecule has 0 bridgehead atoms. The first-order valence-corrected chi connectivity index (χ1v) is 10.6. The third kappa shape index (κ3) is 7.10. The zero-order chi connectivity index (χ0) is 21.3. The van der Waals surface area contributed by atoms with Crippen molar-refractivity contribution < 1.29 is 9.53 Å². The van der Waals surface area contributed by atoms with Crippen LogP contribution in [0, 0.1) is 6.92 Å². The van der Waals surface area contributed by atoms with Gasteiger partial charge in [-0.2, -0.15) is 0 Å². The molecule has 3 rings (SSSR count). The Kier molecular flexibility index (Phi) is 7.71. The summed E-state index contributed by atoms with van der Waals surface area (Å²) in [7, 11) is 1.77. The number of aliphatic imine (C=N–C) groups is 1. The fourth-order valence-electron chi connectivity index (χ4n) is 3.06. The smallest absolute Gasteiger partial charge is 0.258 e. The number of nitrogens with one attached hydrogen (secondary N) is 3. The van der Waals surface area contributed by atoms with E-state index in [0.29, 0.717) is 24.3 Å². The van der Waals surface area contributed by atoms with Crippen LogP contribution in [0.25, 0.3) is 0 Å². The Morgan fingerprint density at radius 3 is 2.63 bits per heavy atom. The highest BCUT2D eigenvalue weighted by Crippen LogP contribution is 2.19. The van der Waals surface area contributed by atoms with Crippen LogP contribution >= 0.6 is 0 Å². The van der Waals surface area contributed by atoms with Crippen molar-refractivity contribution in [2.24, 2.45) is 4.99 Å². The van der Waals surface area contributed by atoms with Gasteiger partial charge in [-0.25, -0.2) is 0 Å². The molecular formula is C24H32N4O2. The lowest BCUT2D eigenvalue weighted by atomic mass is 10.0. The van der Waals surface area contributed by atoms with Crippen molar-refractivity contribution in [2.45, 2.75) is 45.2 Å². The number of nitrogens with zero attached hydrogens (tertiary/aromatic N) is 1. The molecule has 0 saturated heterocycles. The van der Waals surface area contributed by atoms with Crippen LogP contribution in [0.15, 0.2) is 53.5 Å². The van der Waals surface area contributed by atoms with Crippen LogP contribution in [0.4, 0.5) is 0 Å². The Labute approximate surface area is 179 Å². The SMILES string of the molecule is CN=C(NCc1cccc(OCC(=O)NC2CC2)c1)NCC(C)c1ccc(C)cc1. The van der Waals surface area contributed by atoms with E-state index in [1.807, 2.05) is 24.3 Å². The van der Waals surface area contributed by atoms with Crippen molar-refractivity contribution in [1.29, 1.82) is 0 Å². The monoisotopic (exact) mass is 408 g/mol. The van der Waals surface area contributed by atoms with E-state index in [1.54, 1.807) is 7.05 Å². The Morgan fingerprint density at radius 1 is 1.17 bits per heavy atom. The molecule has 2 aromatic carbocycles. The molecule has 0 heterocycles. The van der Waals surface area contributed by atoms with Gasteiger partial charge >= 0.3 is 0 Å². The van der Waals surface area contributed by atoms with Gasteiger partial charge in [-0.3, -0.25) is 9.79 Å². The minimum atomic E-state index is -0.0617. The maximum atomic E-state index is 11.8. The lowest BCUT2D eigenvalue weighted by Crippen LogP contribution is -2.38. The van der Waals surface area contributed by atoms with Gasteiger partial charge in [0.05, 0.1) is 0 Å². The van der Waals surface area contributed by atoms with Gasteiger partial charge in [0, 0.05) is 26.2 Å². The molecule has 6 heteroatoms. The Bertz CT molecular complexity index is 860. The first kappa shape index (κ1) is 21.7. The molecule has 0 aliphatic heterocycles. The largest absolute Gasteiger partial charge is 0.484 e. The summed E-state index contributed by atoms with van der Waals surface area (Å²) in [6.45, 7) is 5.76. The summed E-state index contributed by atoms with van der Waals surface area (Å²) in [6, 6.07) is 16.7. The fraction of sp³-hybridized carbons (Fsp3) is 0.417. The average molecular weight is 409 g/mol. The molecule has 1 atom stereocenters. The second kappa shape index (κ2) is 10.7. The van der Waals surface area contributed by atoms with Gasteiger partial charge in [-0.05, 0) is 48.9 Å². The summed E-state index contributed by atoms with van der Waals surface area (Å²) >= 11 is 0. The van der Waals surface area contributed by atoms with Crippen LogP contribution in [0.2, 0.25) is 0 Å².